The van der Waals surface area contributed by atoms with Crippen LogP contribution in [0.4, 0.5) is 0 Å². The van der Waals surface area contributed by atoms with E-state index in [2.05, 4.69) is 41.5 Å². The topological polar surface area (TPSA) is 71.4 Å². The lowest BCUT2D eigenvalue weighted by molar-refractivity contribution is -0.141. The molecule has 0 aromatic rings. The molecule has 2 saturated carbocycles. The second kappa shape index (κ2) is 8.11. The number of aliphatic hydroxyl groups is 1. The zero-order valence-corrected chi connectivity index (χ0v) is 22.7. The summed E-state index contributed by atoms with van der Waals surface area (Å²) in [7, 11) is 0. The van der Waals surface area contributed by atoms with E-state index in [0.29, 0.717) is 43.3 Å². The summed E-state index contributed by atoms with van der Waals surface area (Å²) in [6.45, 7) is 17.0. The minimum absolute atomic E-state index is 0.00919. The average Bonchev–Trinajstić information content (AvgIpc) is 3.01. The highest BCUT2D eigenvalue weighted by Gasteiger charge is 2.67. The quantitative estimate of drug-likeness (QED) is 0.527. The number of allylic oxidation sites excluding steroid dienone is 2. The maximum absolute atomic E-state index is 14.0. The van der Waals surface area contributed by atoms with Gasteiger partial charge in [-0.25, -0.2) is 0 Å². The van der Waals surface area contributed by atoms with Crippen LogP contribution in [0.5, 0.6) is 0 Å². The number of aliphatic hydroxyl groups excluding tert-OH is 1. The number of hydrogen-bond acceptors (Lipinski definition) is 4. The molecule has 0 aliphatic heterocycles. The Hall–Kier alpha value is -1.29. The Labute approximate surface area is 206 Å². The smallest absolute Gasteiger partial charge is 0.160 e. The van der Waals surface area contributed by atoms with Crippen molar-refractivity contribution in [1.29, 1.82) is 0 Å². The number of hydrogen-bond donors (Lipinski definition) is 1. The molecule has 0 spiro atoms. The molecule has 0 bridgehead atoms. The molecule has 4 nitrogen and oxygen atoms in total. The van der Waals surface area contributed by atoms with Crippen LogP contribution in [0.3, 0.4) is 0 Å². The van der Waals surface area contributed by atoms with Gasteiger partial charge >= 0.3 is 0 Å². The summed E-state index contributed by atoms with van der Waals surface area (Å²) in [5.74, 6) is 1.35. The van der Waals surface area contributed by atoms with Gasteiger partial charge < -0.3 is 5.11 Å². The Bertz CT molecular complexity index is 941. The van der Waals surface area contributed by atoms with E-state index in [1.54, 1.807) is 0 Å². The average molecular weight is 471 g/mol. The van der Waals surface area contributed by atoms with Gasteiger partial charge in [0.25, 0.3) is 0 Å². The van der Waals surface area contributed by atoms with Gasteiger partial charge in [-0.3, -0.25) is 14.4 Å². The summed E-state index contributed by atoms with van der Waals surface area (Å²) in [6.07, 6.45) is 5.32. The molecule has 0 aromatic heterocycles. The van der Waals surface area contributed by atoms with Gasteiger partial charge in [-0.05, 0) is 60.7 Å². The summed E-state index contributed by atoms with van der Waals surface area (Å²) in [4.78, 5) is 40.2. The van der Waals surface area contributed by atoms with E-state index in [9.17, 15) is 19.5 Å². The zero-order valence-electron chi connectivity index (χ0n) is 22.7. The Morgan fingerprint density at radius 3 is 2.24 bits per heavy atom. The van der Waals surface area contributed by atoms with Gasteiger partial charge in [0.05, 0.1) is 6.10 Å². The molecule has 0 aromatic carbocycles. The van der Waals surface area contributed by atoms with Gasteiger partial charge in [0.2, 0.25) is 0 Å². The van der Waals surface area contributed by atoms with Gasteiger partial charge in [-0.15, -0.1) is 0 Å². The number of fused-ring (bicyclic) bond motifs is 4. The van der Waals surface area contributed by atoms with Crippen molar-refractivity contribution in [2.45, 2.75) is 113 Å². The number of rotatable bonds is 5. The molecule has 4 heteroatoms. The van der Waals surface area contributed by atoms with Gasteiger partial charge in [-0.1, -0.05) is 55.4 Å². The van der Waals surface area contributed by atoms with Crippen molar-refractivity contribution >= 4 is 17.3 Å². The molecule has 34 heavy (non-hydrogen) atoms. The monoisotopic (exact) mass is 470 g/mol. The number of ketones is 3. The van der Waals surface area contributed by atoms with Crippen LogP contribution in [0.2, 0.25) is 0 Å². The fourth-order valence-corrected chi connectivity index (χ4v) is 8.97. The summed E-state index contributed by atoms with van der Waals surface area (Å²) >= 11 is 0. The molecule has 4 aliphatic carbocycles. The first-order valence-electron chi connectivity index (χ1n) is 13.6. The third-order valence-corrected chi connectivity index (χ3v) is 11.5. The van der Waals surface area contributed by atoms with E-state index in [0.717, 1.165) is 36.8 Å². The van der Waals surface area contributed by atoms with Crippen LogP contribution in [0, 0.1) is 45.3 Å². The van der Waals surface area contributed by atoms with E-state index < -0.39 is 11.5 Å². The third-order valence-electron chi connectivity index (χ3n) is 11.5. The third kappa shape index (κ3) is 3.37. The molecule has 190 valence electrons. The predicted octanol–water partition coefficient (Wildman–Crippen LogP) is 6.10. The second-order valence-corrected chi connectivity index (χ2v) is 13.9. The van der Waals surface area contributed by atoms with Gasteiger partial charge in [-0.2, -0.15) is 0 Å². The minimum Gasteiger partial charge on any atom is -0.393 e. The van der Waals surface area contributed by atoms with E-state index in [4.69, 9.17) is 0 Å². The summed E-state index contributed by atoms with van der Waals surface area (Å²) < 4.78 is 0. The lowest BCUT2D eigenvalue weighted by Gasteiger charge is -2.60. The van der Waals surface area contributed by atoms with Gasteiger partial charge in [0.15, 0.2) is 11.6 Å². The minimum atomic E-state index is -0.440. The highest BCUT2D eigenvalue weighted by molar-refractivity contribution is 6.11. The Morgan fingerprint density at radius 1 is 0.971 bits per heavy atom. The fraction of sp³-hybridized carbons (Fsp3) is 0.833. The maximum atomic E-state index is 14.0. The lowest BCUT2D eigenvalue weighted by Crippen LogP contribution is -2.59. The Balaban J connectivity index is 1.74. The molecular formula is C30H46O4. The fourth-order valence-electron chi connectivity index (χ4n) is 8.97. The maximum Gasteiger partial charge on any atom is 0.160 e. The highest BCUT2D eigenvalue weighted by atomic mass is 16.3. The summed E-state index contributed by atoms with van der Waals surface area (Å²) in [5.41, 5.74) is 0.357. The van der Waals surface area contributed by atoms with Crippen LogP contribution in [-0.2, 0) is 14.4 Å². The molecular weight excluding hydrogens is 424 g/mol. The van der Waals surface area contributed by atoms with Crippen molar-refractivity contribution in [3.63, 3.8) is 0 Å². The first-order chi connectivity index (χ1) is 15.6. The standard InChI is InChI=1S/C30H46O4/c1-17(2)20(31)10-9-18(3)19-11-14-29(7)26-21(32)15-23-27(4,5)24(34)12-13-28(23,6)25(26)22(33)16-30(19,29)8/h17-19,23-24,34H,9-16H2,1-8H3/t18-,19-,23+,24+,28+,29+,30-/m1/s1. The first-order valence-corrected chi connectivity index (χ1v) is 13.6. The number of Topliss-reactive ketones (excluding diaryl/α,β-unsaturated/α-hetero) is 3. The van der Waals surface area contributed by atoms with Crippen molar-refractivity contribution in [2.75, 3.05) is 0 Å². The summed E-state index contributed by atoms with van der Waals surface area (Å²) in [6, 6.07) is 0. The zero-order chi connectivity index (χ0) is 25.4. The van der Waals surface area contributed by atoms with E-state index in [1.807, 2.05) is 13.8 Å². The number of carbonyl (C=O) groups is 3. The molecule has 0 amide bonds. The molecule has 0 unspecified atom stereocenters. The van der Waals surface area contributed by atoms with Crippen LogP contribution < -0.4 is 0 Å². The van der Waals surface area contributed by atoms with E-state index >= 15 is 0 Å². The van der Waals surface area contributed by atoms with Crippen molar-refractivity contribution in [3.8, 4) is 0 Å². The molecule has 1 N–H and O–H groups in total. The largest absolute Gasteiger partial charge is 0.393 e. The molecule has 0 radical (unpaired) electrons. The predicted molar refractivity (Wildman–Crippen MR) is 134 cm³/mol. The Morgan fingerprint density at radius 2 is 1.62 bits per heavy atom. The van der Waals surface area contributed by atoms with Crippen LogP contribution in [0.1, 0.15) is 107 Å². The molecule has 4 rings (SSSR count). The van der Waals surface area contributed by atoms with Crippen molar-refractivity contribution in [2.24, 2.45) is 45.3 Å². The van der Waals surface area contributed by atoms with Crippen LogP contribution >= 0.6 is 0 Å². The summed E-state index contributed by atoms with van der Waals surface area (Å²) in [5, 5.41) is 10.8. The van der Waals surface area contributed by atoms with Crippen molar-refractivity contribution < 1.29 is 19.5 Å². The van der Waals surface area contributed by atoms with Crippen molar-refractivity contribution in [1.82, 2.24) is 0 Å². The highest BCUT2D eigenvalue weighted by Crippen LogP contribution is 2.71. The first kappa shape index (κ1) is 25.8. The van der Waals surface area contributed by atoms with E-state index in [-0.39, 0.29) is 39.6 Å². The molecule has 0 heterocycles. The van der Waals surface area contributed by atoms with E-state index in [1.165, 1.54) is 0 Å². The molecule has 0 saturated heterocycles. The normalized spacial score (nSPS) is 42.4. The molecule has 7 atom stereocenters. The molecule has 2 fully saturated rings. The second-order valence-electron chi connectivity index (χ2n) is 13.9. The SMILES string of the molecule is CC(C)C(=O)CC[C@@H](C)[C@H]1CC[C@@]2(C)C3=C(C(=O)C[C@]12C)[C@@]1(C)CC[C@H](O)C(C)(C)[C@@H]1CC3=O. The van der Waals surface area contributed by atoms with Crippen LogP contribution in [-0.4, -0.2) is 28.6 Å². The van der Waals surface area contributed by atoms with Crippen molar-refractivity contribution in [3.05, 3.63) is 11.1 Å². The van der Waals surface area contributed by atoms with Gasteiger partial charge in [0.1, 0.15) is 5.78 Å². The van der Waals surface area contributed by atoms with Crippen LogP contribution in [0.15, 0.2) is 11.1 Å². The lowest BCUT2D eigenvalue weighted by atomic mass is 9.43. The van der Waals surface area contributed by atoms with Gasteiger partial charge in [0, 0.05) is 47.2 Å². The Kier molecular flexibility index (Phi) is 6.16. The number of carbonyl (C=O) groups excluding carboxylic acids is 3. The molecule has 4 aliphatic rings. The van der Waals surface area contributed by atoms with Crippen LogP contribution in [0.25, 0.3) is 0 Å².